The second-order valence-electron chi connectivity index (χ2n) is 5.00. The van der Waals surface area contributed by atoms with E-state index < -0.39 is 12.6 Å². The van der Waals surface area contributed by atoms with Gasteiger partial charge in [-0.25, -0.2) is 0 Å². The predicted octanol–water partition coefficient (Wildman–Crippen LogP) is 4.47. The summed E-state index contributed by atoms with van der Waals surface area (Å²) in [7, 11) is 0. The molecule has 1 unspecified atom stereocenters. The number of ether oxygens (including phenoxy) is 1. The van der Waals surface area contributed by atoms with E-state index in [-0.39, 0.29) is 18.6 Å². The average Bonchev–Trinajstić information content (AvgIpc) is 2.34. The molecule has 0 spiro atoms. The van der Waals surface area contributed by atoms with Crippen LogP contribution in [0.4, 0.5) is 13.2 Å². The zero-order chi connectivity index (χ0) is 15.2. The fraction of sp³-hybridized carbons (Fsp3) is 0.600. The molecule has 0 aliphatic carbocycles. The van der Waals surface area contributed by atoms with Crippen molar-refractivity contribution in [1.82, 2.24) is 5.32 Å². The molecule has 1 aromatic rings. The first-order valence-corrected chi connectivity index (χ1v) is 6.88. The van der Waals surface area contributed by atoms with Gasteiger partial charge in [-0.2, -0.15) is 13.2 Å². The number of halogens is 3. The normalized spacial score (nSPS) is 13.6. The molecule has 2 nitrogen and oxygen atoms in total. The SMILES string of the molecule is CCNC(CCC(F)(F)F)c1ccc(OC(C)C)cc1. The van der Waals surface area contributed by atoms with Gasteiger partial charge in [0.25, 0.3) is 0 Å². The quantitative estimate of drug-likeness (QED) is 0.799. The van der Waals surface area contributed by atoms with Crippen LogP contribution in [0.2, 0.25) is 0 Å². The van der Waals surface area contributed by atoms with Gasteiger partial charge in [0.05, 0.1) is 6.10 Å². The van der Waals surface area contributed by atoms with Crippen molar-refractivity contribution in [1.29, 1.82) is 0 Å². The van der Waals surface area contributed by atoms with Crippen molar-refractivity contribution in [3.8, 4) is 5.75 Å². The van der Waals surface area contributed by atoms with E-state index in [1.165, 1.54) is 0 Å². The molecule has 1 atom stereocenters. The zero-order valence-corrected chi connectivity index (χ0v) is 12.1. The first-order valence-electron chi connectivity index (χ1n) is 6.88. The minimum atomic E-state index is -4.12. The smallest absolute Gasteiger partial charge is 0.389 e. The van der Waals surface area contributed by atoms with Crippen molar-refractivity contribution in [3.05, 3.63) is 29.8 Å². The molecule has 0 aliphatic rings. The van der Waals surface area contributed by atoms with Gasteiger partial charge in [-0.1, -0.05) is 19.1 Å². The molecule has 5 heteroatoms. The third-order valence-electron chi connectivity index (χ3n) is 2.82. The minimum Gasteiger partial charge on any atom is -0.491 e. The Morgan fingerprint density at radius 3 is 2.20 bits per heavy atom. The Kier molecular flexibility index (Phi) is 6.33. The topological polar surface area (TPSA) is 21.3 Å². The summed E-state index contributed by atoms with van der Waals surface area (Å²) in [5.41, 5.74) is 0.854. The Bertz CT molecular complexity index is 387. The van der Waals surface area contributed by atoms with Crippen molar-refractivity contribution in [3.63, 3.8) is 0 Å². The zero-order valence-electron chi connectivity index (χ0n) is 12.1. The molecule has 0 saturated carbocycles. The molecule has 0 radical (unpaired) electrons. The number of hydrogen-bond acceptors (Lipinski definition) is 2. The molecule has 0 aliphatic heterocycles. The highest BCUT2D eigenvalue weighted by Crippen LogP contribution is 2.28. The number of hydrogen-bond donors (Lipinski definition) is 1. The van der Waals surface area contributed by atoms with Crippen LogP contribution in [0.5, 0.6) is 5.75 Å². The van der Waals surface area contributed by atoms with Crippen LogP contribution < -0.4 is 10.1 Å². The lowest BCUT2D eigenvalue weighted by Crippen LogP contribution is -2.23. The summed E-state index contributed by atoms with van der Waals surface area (Å²) in [6, 6.07) is 6.96. The van der Waals surface area contributed by atoms with Crippen LogP contribution in [0.15, 0.2) is 24.3 Å². The van der Waals surface area contributed by atoms with E-state index in [1.807, 2.05) is 32.9 Å². The Morgan fingerprint density at radius 1 is 1.15 bits per heavy atom. The average molecular weight is 289 g/mol. The third kappa shape index (κ3) is 6.28. The van der Waals surface area contributed by atoms with Gasteiger partial charge in [0.1, 0.15) is 5.75 Å². The van der Waals surface area contributed by atoms with Gasteiger partial charge in [-0.3, -0.25) is 0 Å². The maximum Gasteiger partial charge on any atom is 0.389 e. The third-order valence-corrected chi connectivity index (χ3v) is 2.82. The standard InChI is InChI=1S/C15H22F3NO/c1-4-19-14(9-10-15(16,17)18)12-5-7-13(8-6-12)20-11(2)3/h5-8,11,14,19H,4,9-10H2,1-3H3. The minimum absolute atomic E-state index is 0.0434. The molecule has 0 aromatic heterocycles. The first kappa shape index (κ1) is 16.8. The van der Waals surface area contributed by atoms with Gasteiger partial charge >= 0.3 is 6.18 Å². The summed E-state index contributed by atoms with van der Waals surface area (Å²) in [5.74, 6) is 0.731. The van der Waals surface area contributed by atoms with Crippen LogP contribution in [0.1, 0.15) is 45.2 Å². The lowest BCUT2D eigenvalue weighted by Gasteiger charge is -2.20. The molecule has 0 saturated heterocycles. The van der Waals surface area contributed by atoms with Crippen molar-refractivity contribution in [2.24, 2.45) is 0 Å². The second kappa shape index (κ2) is 7.53. The monoisotopic (exact) mass is 289 g/mol. The van der Waals surface area contributed by atoms with Crippen molar-refractivity contribution in [2.45, 2.75) is 51.9 Å². The molecule has 0 bridgehead atoms. The van der Waals surface area contributed by atoms with Gasteiger partial charge in [0.2, 0.25) is 0 Å². The summed E-state index contributed by atoms with van der Waals surface area (Å²) in [4.78, 5) is 0. The summed E-state index contributed by atoms with van der Waals surface area (Å²) < 4.78 is 42.5. The molecule has 0 amide bonds. The van der Waals surface area contributed by atoms with E-state index in [0.29, 0.717) is 6.54 Å². The number of alkyl halides is 3. The fourth-order valence-corrected chi connectivity index (χ4v) is 1.99. The first-order chi connectivity index (χ1) is 9.31. The molecule has 1 aromatic carbocycles. The largest absolute Gasteiger partial charge is 0.491 e. The maximum absolute atomic E-state index is 12.3. The number of nitrogens with one attached hydrogen (secondary N) is 1. The lowest BCUT2D eigenvalue weighted by molar-refractivity contribution is -0.136. The Hall–Kier alpha value is -1.23. The molecule has 1 rings (SSSR count). The van der Waals surface area contributed by atoms with Gasteiger partial charge in [0.15, 0.2) is 0 Å². The highest BCUT2D eigenvalue weighted by Gasteiger charge is 2.28. The van der Waals surface area contributed by atoms with Gasteiger partial charge < -0.3 is 10.1 Å². The van der Waals surface area contributed by atoms with E-state index in [0.717, 1.165) is 11.3 Å². The molecule has 0 fully saturated rings. The summed E-state index contributed by atoms with van der Waals surface area (Å²) in [6.45, 7) is 6.38. The van der Waals surface area contributed by atoms with Crippen LogP contribution in [0, 0.1) is 0 Å². The van der Waals surface area contributed by atoms with E-state index >= 15 is 0 Å². The molecule has 20 heavy (non-hydrogen) atoms. The fourth-order valence-electron chi connectivity index (χ4n) is 1.99. The summed E-state index contributed by atoms with van der Waals surface area (Å²) >= 11 is 0. The van der Waals surface area contributed by atoms with Crippen LogP contribution >= 0.6 is 0 Å². The van der Waals surface area contributed by atoms with Crippen molar-refractivity contribution in [2.75, 3.05) is 6.54 Å². The number of rotatable bonds is 7. The Labute approximate surface area is 118 Å². The predicted molar refractivity (Wildman–Crippen MR) is 73.9 cm³/mol. The van der Waals surface area contributed by atoms with Gasteiger partial charge in [0, 0.05) is 12.5 Å². The molecular weight excluding hydrogens is 267 g/mol. The summed E-state index contributed by atoms with van der Waals surface area (Å²) in [6.07, 6.45) is -4.78. The van der Waals surface area contributed by atoms with Gasteiger partial charge in [-0.15, -0.1) is 0 Å². The van der Waals surface area contributed by atoms with Crippen LogP contribution in [0.3, 0.4) is 0 Å². The van der Waals surface area contributed by atoms with Crippen molar-refractivity contribution < 1.29 is 17.9 Å². The highest BCUT2D eigenvalue weighted by molar-refractivity contribution is 5.29. The van der Waals surface area contributed by atoms with E-state index in [9.17, 15) is 13.2 Å². The van der Waals surface area contributed by atoms with Crippen molar-refractivity contribution >= 4 is 0 Å². The number of benzene rings is 1. The Balaban J connectivity index is 2.71. The highest BCUT2D eigenvalue weighted by atomic mass is 19.4. The summed E-state index contributed by atoms with van der Waals surface area (Å²) in [5, 5.41) is 3.09. The van der Waals surface area contributed by atoms with Crippen LogP contribution in [-0.4, -0.2) is 18.8 Å². The molecular formula is C15H22F3NO. The molecule has 114 valence electrons. The van der Waals surface area contributed by atoms with Crippen LogP contribution in [-0.2, 0) is 0 Å². The molecule has 0 heterocycles. The van der Waals surface area contributed by atoms with E-state index in [4.69, 9.17) is 4.74 Å². The van der Waals surface area contributed by atoms with Crippen LogP contribution in [0.25, 0.3) is 0 Å². The maximum atomic E-state index is 12.3. The second-order valence-corrected chi connectivity index (χ2v) is 5.00. The van der Waals surface area contributed by atoms with E-state index in [1.54, 1.807) is 12.1 Å². The Morgan fingerprint density at radius 2 is 1.75 bits per heavy atom. The molecule has 1 N–H and O–H groups in total. The van der Waals surface area contributed by atoms with Gasteiger partial charge in [-0.05, 0) is 44.5 Å². The van der Waals surface area contributed by atoms with E-state index in [2.05, 4.69) is 5.32 Å². The lowest BCUT2D eigenvalue weighted by atomic mass is 10.0.